The molecule has 12 nitrogen and oxygen atoms in total. The molecule has 2 fully saturated rings. The Bertz CT molecular complexity index is 2350. The monoisotopic (exact) mass is 825 g/mol. The molecule has 0 bridgehead atoms. The summed E-state index contributed by atoms with van der Waals surface area (Å²) in [7, 11) is 5.72. The largest absolute Gasteiger partial charge is 0.496 e. The lowest BCUT2D eigenvalue weighted by Gasteiger charge is -2.37. The van der Waals surface area contributed by atoms with Crippen molar-refractivity contribution in [3.63, 3.8) is 0 Å². The number of hydrogen-bond acceptors (Lipinski definition) is 7. The minimum atomic E-state index is -1.02. The van der Waals surface area contributed by atoms with Crippen molar-refractivity contribution in [1.82, 2.24) is 34.1 Å². The van der Waals surface area contributed by atoms with Gasteiger partial charge in [-0.25, -0.2) is 9.78 Å². The number of carbonyl (C=O) groups is 3. The molecule has 0 atom stereocenters. The standard InChI is InChI=1S/C44H49Cl2N7O5/c1-27(54)51-19-14-32(15-20-51)49(3)24-31-25-50(4)43-34(31)11-12-38(48-43)37-8-6-7-35(40(37)45)36-13-18-47-42(41(36)46)29-9-10-30(39(23-29)58-5)26-53(44(56)57)33-16-21-52(22-17-33)28(2)55/h6-13,18,23,25,32-33H,14-17,19-22,24,26H2,1-5H3,(H,56,57). The van der Waals surface area contributed by atoms with Gasteiger partial charge in [-0.15, -0.1) is 0 Å². The highest BCUT2D eigenvalue weighted by molar-refractivity contribution is 6.39. The molecule has 2 saturated heterocycles. The number of rotatable bonds is 10. The minimum absolute atomic E-state index is 0.00000336. The number of pyridine rings is 2. The van der Waals surface area contributed by atoms with Crippen LogP contribution in [-0.2, 0) is 29.7 Å². The molecule has 2 aromatic carbocycles. The maximum absolute atomic E-state index is 12.4. The van der Waals surface area contributed by atoms with Gasteiger partial charge >= 0.3 is 6.09 Å². The zero-order valence-corrected chi connectivity index (χ0v) is 35.1. The van der Waals surface area contributed by atoms with Crippen LogP contribution in [0.2, 0.25) is 10.0 Å². The third-order valence-electron chi connectivity index (χ3n) is 11.8. The first-order chi connectivity index (χ1) is 27.8. The fraction of sp³-hybridized carbons (Fsp3) is 0.386. The molecule has 2 aliphatic heterocycles. The quantitative estimate of drug-likeness (QED) is 0.150. The summed E-state index contributed by atoms with van der Waals surface area (Å²) in [4.78, 5) is 53.3. The lowest BCUT2D eigenvalue weighted by Crippen LogP contribution is -2.47. The molecule has 5 aromatic rings. The molecule has 0 spiro atoms. The van der Waals surface area contributed by atoms with Crippen LogP contribution in [0.3, 0.4) is 0 Å². The van der Waals surface area contributed by atoms with E-state index in [1.807, 2.05) is 60.5 Å². The van der Waals surface area contributed by atoms with E-state index in [0.29, 0.717) is 70.2 Å². The van der Waals surface area contributed by atoms with Crippen LogP contribution in [0.25, 0.3) is 44.7 Å². The number of ether oxygens (including phenoxy) is 1. The van der Waals surface area contributed by atoms with Gasteiger partial charge in [0.25, 0.3) is 0 Å². The second-order valence-electron chi connectivity index (χ2n) is 15.3. The smallest absolute Gasteiger partial charge is 0.407 e. The molecule has 7 rings (SSSR count). The van der Waals surface area contributed by atoms with E-state index in [2.05, 4.69) is 33.8 Å². The van der Waals surface area contributed by atoms with E-state index in [-0.39, 0.29) is 24.4 Å². The maximum Gasteiger partial charge on any atom is 0.407 e. The molecule has 304 valence electrons. The van der Waals surface area contributed by atoms with Gasteiger partial charge in [-0.1, -0.05) is 53.5 Å². The Hall–Kier alpha value is -5.17. The first-order valence-electron chi connectivity index (χ1n) is 19.6. The number of halogens is 2. The summed E-state index contributed by atoms with van der Waals surface area (Å²) < 4.78 is 7.83. The highest BCUT2D eigenvalue weighted by Crippen LogP contribution is 2.42. The fourth-order valence-electron chi connectivity index (χ4n) is 8.47. The topological polar surface area (TPSA) is 124 Å². The first kappa shape index (κ1) is 41.0. The summed E-state index contributed by atoms with van der Waals surface area (Å²) in [6.45, 7) is 6.72. The van der Waals surface area contributed by atoms with Gasteiger partial charge in [0.1, 0.15) is 11.4 Å². The van der Waals surface area contributed by atoms with Crippen LogP contribution in [0, 0.1) is 0 Å². The molecular weight excluding hydrogens is 777 g/mol. The number of piperidine rings is 2. The summed E-state index contributed by atoms with van der Waals surface area (Å²) in [6, 6.07) is 17.5. The average Bonchev–Trinajstić information content (AvgIpc) is 3.53. The van der Waals surface area contributed by atoms with Gasteiger partial charge in [-0.05, 0) is 62.6 Å². The summed E-state index contributed by atoms with van der Waals surface area (Å²) >= 11 is 14.4. The number of benzene rings is 2. The summed E-state index contributed by atoms with van der Waals surface area (Å²) in [5.74, 6) is 0.657. The Morgan fingerprint density at radius 3 is 2.10 bits per heavy atom. The molecule has 0 saturated carbocycles. The third kappa shape index (κ3) is 8.37. The van der Waals surface area contributed by atoms with Crippen LogP contribution in [-0.4, -0.2) is 110 Å². The van der Waals surface area contributed by atoms with Gasteiger partial charge in [0.15, 0.2) is 0 Å². The van der Waals surface area contributed by atoms with Crippen molar-refractivity contribution in [3.05, 3.63) is 88.2 Å². The van der Waals surface area contributed by atoms with Gasteiger partial charge in [-0.2, -0.15) is 0 Å². The van der Waals surface area contributed by atoms with Crippen molar-refractivity contribution in [2.45, 2.75) is 64.7 Å². The SMILES string of the molecule is COc1cc(-c2nccc(-c3cccc(-c4ccc5c(CN(C)C6CCN(C(C)=O)CC6)cn(C)c5n4)c3Cl)c2Cl)ccc1CN(C(=O)O)C1CCN(C(C)=O)CC1. The molecule has 3 aromatic heterocycles. The highest BCUT2D eigenvalue weighted by atomic mass is 35.5. The van der Waals surface area contributed by atoms with E-state index in [4.69, 9.17) is 32.9 Å². The van der Waals surface area contributed by atoms with Crippen molar-refractivity contribution >= 4 is 52.1 Å². The lowest BCUT2D eigenvalue weighted by atomic mass is 9.98. The van der Waals surface area contributed by atoms with Crippen molar-refractivity contribution in [3.8, 4) is 39.4 Å². The van der Waals surface area contributed by atoms with Crippen LogP contribution < -0.4 is 4.74 Å². The molecule has 1 N–H and O–H groups in total. The van der Waals surface area contributed by atoms with Crippen LogP contribution in [0.4, 0.5) is 4.79 Å². The van der Waals surface area contributed by atoms with Gasteiger partial charge in [0, 0.05) is 111 Å². The number of aromatic nitrogens is 3. The van der Waals surface area contributed by atoms with Crippen molar-refractivity contribution in [1.29, 1.82) is 0 Å². The number of methoxy groups -OCH3 is 1. The molecule has 3 amide bonds. The Morgan fingerprint density at radius 1 is 0.828 bits per heavy atom. The fourth-order valence-corrected chi connectivity index (χ4v) is 9.12. The molecule has 5 heterocycles. The Kier molecular flexibility index (Phi) is 12.3. The number of hydrogen-bond donors (Lipinski definition) is 1. The third-order valence-corrected chi connectivity index (χ3v) is 12.6. The van der Waals surface area contributed by atoms with Gasteiger partial charge in [0.05, 0.1) is 35.1 Å². The van der Waals surface area contributed by atoms with E-state index < -0.39 is 6.09 Å². The first-order valence-corrected chi connectivity index (χ1v) is 20.4. The van der Waals surface area contributed by atoms with Crippen molar-refractivity contribution < 1.29 is 24.2 Å². The number of carboxylic acid groups (broad SMARTS) is 1. The molecule has 14 heteroatoms. The van der Waals surface area contributed by atoms with Crippen LogP contribution >= 0.6 is 23.2 Å². The number of carbonyl (C=O) groups excluding carboxylic acids is 2. The number of aryl methyl sites for hydroxylation is 1. The number of amides is 3. The predicted molar refractivity (Wildman–Crippen MR) is 227 cm³/mol. The number of fused-ring (bicyclic) bond motifs is 1. The molecular formula is C44H49Cl2N7O5. The van der Waals surface area contributed by atoms with Gasteiger partial charge in [-0.3, -0.25) is 19.5 Å². The Balaban J connectivity index is 1.12. The van der Waals surface area contributed by atoms with Crippen LogP contribution in [0.1, 0.15) is 50.7 Å². The van der Waals surface area contributed by atoms with E-state index >= 15 is 0 Å². The zero-order valence-electron chi connectivity index (χ0n) is 33.5. The predicted octanol–water partition coefficient (Wildman–Crippen LogP) is 8.22. The van der Waals surface area contributed by atoms with Crippen LogP contribution in [0.15, 0.2) is 67.0 Å². The van der Waals surface area contributed by atoms with E-state index in [1.165, 1.54) is 17.4 Å². The van der Waals surface area contributed by atoms with Crippen molar-refractivity contribution in [2.24, 2.45) is 7.05 Å². The second-order valence-corrected chi connectivity index (χ2v) is 16.1. The summed E-state index contributed by atoms with van der Waals surface area (Å²) in [5, 5.41) is 12.1. The van der Waals surface area contributed by atoms with Crippen molar-refractivity contribution in [2.75, 3.05) is 40.3 Å². The van der Waals surface area contributed by atoms with Crippen LogP contribution in [0.5, 0.6) is 5.75 Å². The average molecular weight is 827 g/mol. The Labute approximate surface area is 348 Å². The van der Waals surface area contributed by atoms with E-state index in [0.717, 1.165) is 60.3 Å². The summed E-state index contributed by atoms with van der Waals surface area (Å²) in [5.41, 5.74) is 6.94. The second kappa shape index (κ2) is 17.4. The molecule has 0 aliphatic carbocycles. The lowest BCUT2D eigenvalue weighted by molar-refractivity contribution is -0.131. The molecule has 2 aliphatic rings. The molecule has 58 heavy (non-hydrogen) atoms. The van der Waals surface area contributed by atoms with E-state index in [1.54, 1.807) is 25.1 Å². The zero-order chi connectivity index (χ0) is 41.2. The number of nitrogens with zero attached hydrogens (tertiary/aromatic N) is 7. The highest BCUT2D eigenvalue weighted by Gasteiger charge is 2.30. The maximum atomic E-state index is 12.4. The van der Waals surface area contributed by atoms with Gasteiger partial charge < -0.3 is 29.1 Å². The van der Waals surface area contributed by atoms with Gasteiger partial charge in [0.2, 0.25) is 11.8 Å². The summed E-state index contributed by atoms with van der Waals surface area (Å²) in [6.07, 6.45) is 5.88. The van der Waals surface area contributed by atoms with E-state index in [9.17, 15) is 19.5 Å². The normalized spacial score (nSPS) is 15.3. The number of likely N-dealkylation sites (tertiary alicyclic amines) is 2. The minimum Gasteiger partial charge on any atom is -0.496 e. The Morgan fingerprint density at radius 2 is 1.47 bits per heavy atom. The molecule has 0 unspecified atom stereocenters. The molecule has 0 radical (unpaired) electrons.